The Balaban J connectivity index is 2.50. The van der Waals surface area contributed by atoms with Gasteiger partial charge in [-0.2, -0.15) is 0 Å². The topological polar surface area (TPSA) is 38.3 Å². The molecule has 0 fully saturated rings. The average Bonchev–Trinajstić information content (AvgIpc) is 2.27. The predicted molar refractivity (Wildman–Crippen MR) is 70.3 cm³/mol. The molecule has 0 bridgehead atoms. The summed E-state index contributed by atoms with van der Waals surface area (Å²) in [6.45, 7) is 6.80. The molecule has 94 valence electrons. The van der Waals surface area contributed by atoms with Crippen molar-refractivity contribution in [1.82, 2.24) is 0 Å². The molecule has 0 saturated carbocycles. The quantitative estimate of drug-likeness (QED) is 0.820. The van der Waals surface area contributed by atoms with Gasteiger partial charge in [0.1, 0.15) is 5.75 Å². The SMILES string of the molecule is CCOc1cccc(NC(=O)CCC(C)C)c1. The minimum Gasteiger partial charge on any atom is -0.494 e. The van der Waals surface area contributed by atoms with E-state index in [1.165, 1.54) is 0 Å². The molecule has 0 aliphatic carbocycles. The standard InChI is InChI=1S/C14H21NO2/c1-4-17-13-7-5-6-12(10-13)15-14(16)9-8-11(2)3/h5-7,10-11H,4,8-9H2,1-3H3,(H,15,16). The molecule has 1 rings (SSSR count). The molecular formula is C14H21NO2. The molecule has 0 radical (unpaired) electrons. The van der Waals surface area contributed by atoms with Gasteiger partial charge in [-0.3, -0.25) is 4.79 Å². The minimum atomic E-state index is 0.0624. The van der Waals surface area contributed by atoms with Gasteiger partial charge in [0.2, 0.25) is 5.91 Å². The number of carbonyl (C=O) groups is 1. The summed E-state index contributed by atoms with van der Waals surface area (Å²) < 4.78 is 5.37. The molecule has 1 aromatic carbocycles. The Bertz CT molecular complexity index is 361. The highest BCUT2D eigenvalue weighted by Crippen LogP contribution is 2.17. The van der Waals surface area contributed by atoms with E-state index in [-0.39, 0.29) is 5.91 Å². The van der Waals surface area contributed by atoms with E-state index in [2.05, 4.69) is 19.2 Å². The van der Waals surface area contributed by atoms with Crippen molar-refractivity contribution in [3.63, 3.8) is 0 Å². The first kappa shape index (κ1) is 13.6. The molecule has 0 atom stereocenters. The van der Waals surface area contributed by atoms with Gasteiger partial charge in [-0.1, -0.05) is 19.9 Å². The fourth-order valence-corrected chi connectivity index (χ4v) is 1.47. The molecule has 1 amide bonds. The van der Waals surface area contributed by atoms with Crippen molar-refractivity contribution in [2.75, 3.05) is 11.9 Å². The lowest BCUT2D eigenvalue weighted by atomic mass is 10.1. The second-order valence-corrected chi connectivity index (χ2v) is 4.44. The molecule has 0 heterocycles. The van der Waals surface area contributed by atoms with Crippen molar-refractivity contribution in [2.24, 2.45) is 5.92 Å². The molecule has 0 unspecified atom stereocenters. The Kier molecular flexibility index (Phi) is 5.53. The Morgan fingerprint density at radius 3 is 2.82 bits per heavy atom. The second kappa shape index (κ2) is 6.94. The van der Waals surface area contributed by atoms with Gasteiger partial charge in [-0.15, -0.1) is 0 Å². The van der Waals surface area contributed by atoms with Gasteiger partial charge in [0, 0.05) is 18.2 Å². The summed E-state index contributed by atoms with van der Waals surface area (Å²) in [5.74, 6) is 1.40. The maximum Gasteiger partial charge on any atom is 0.224 e. The van der Waals surface area contributed by atoms with Crippen molar-refractivity contribution in [3.05, 3.63) is 24.3 Å². The fraction of sp³-hybridized carbons (Fsp3) is 0.500. The Morgan fingerprint density at radius 1 is 1.41 bits per heavy atom. The largest absolute Gasteiger partial charge is 0.494 e. The van der Waals surface area contributed by atoms with E-state index in [4.69, 9.17) is 4.74 Å². The highest BCUT2D eigenvalue weighted by molar-refractivity contribution is 5.90. The van der Waals surface area contributed by atoms with E-state index < -0.39 is 0 Å². The number of ether oxygens (including phenoxy) is 1. The summed E-state index contributed by atoms with van der Waals surface area (Å²) in [6, 6.07) is 7.48. The first-order valence-corrected chi connectivity index (χ1v) is 6.14. The minimum absolute atomic E-state index is 0.0624. The lowest BCUT2D eigenvalue weighted by molar-refractivity contribution is -0.116. The third-order valence-electron chi connectivity index (χ3n) is 2.38. The number of rotatable bonds is 6. The van der Waals surface area contributed by atoms with Gasteiger partial charge in [-0.05, 0) is 31.4 Å². The van der Waals surface area contributed by atoms with Crippen LogP contribution in [0, 0.1) is 5.92 Å². The Labute approximate surface area is 103 Å². The third-order valence-corrected chi connectivity index (χ3v) is 2.38. The van der Waals surface area contributed by atoms with Crippen molar-refractivity contribution < 1.29 is 9.53 Å². The molecule has 17 heavy (non-hydrogen) atoms. The normalized spacial score (nSPS) is 10.4. The van der Waals surface area contributed by atoms with Gasteiger partial charge in [-0.25, -0.2) is 0 Å². The van der Waals surface area contributed by atoms with Crippen LogP contribution in [-0.2, 0) is 4.79 Å². The van der Waals surface area contributed by atoms with Crippen LogP contribution in [-0.4, -0.2) is 12.5 Å². The summed E-state index contributed by atoms with van der Waals surface area (Å²) in [5.41, 5.74) is 0.796. The van der Waals surface area contributed by atoms with E-state index in [1.54, 1.807) is 0 Å². The van der Waals surface area contributed by atoms with E-state index in [9.17, 15) is 4.79 Å². The highest BCUT2D eigenvalue weighted by atomic mass is 16.5. The lowest BCUT2D eigenvalue weighted by Crippen LogP contribution is -2.12. The smallest absolute Gasteiger partial charge is 0.224 e. The number of carbonyl (C=O) groups excluding carboxylic acids is 1. The monoisotopic (exact) mass is 235 g/mol. The molecule has 0 aliphatic rings. The summed E-state index contributed by atoms with van der Waals surface area (Å²) in [5, 5.41) is 2.88. The summed E-state index contributed by atoms with van der Waals surface area (Å²) in [6.07, 6.45) is 1.48. The first-order valence-electron chi connectivity index (χ1n) is 6.14. The van der Waals surface area contributed by atoms with Gasteiger partial charge >= 0.3 is 0 Å². The predicted octanol–water partition coefficient (Wildman–Crippen LogP) is 3.46. The molecule has 1 N–H and O–H groups in total. The van der Waals surface area contributed by atoms with Gasteiger partial charge in [0.05, 0.1) is 6.61 Å². The molecular weight excluding hydrogens is 214 g/mol. The Morgan fingerprint density at radius 2 is 2.18 bits per heavy atom. The molecule has 3 nitrogen and oxygen atoms in total. The van der Waals surface area contributed by atoms with Crippen LogP contribution < -0.4 is 10.1 Å². The third kappa shape index (κ3) is 5.38. The Hall–Kier alpha value is -1.51. The van der Waals surface area contributed by atoms with Gasteiger partial charge in [0.25, 0.3) is 0 Å². The maximum atomic E-state index is 11.6. The van der Waals surface area contributed by atoms with E-state index in [0.717, 1.165) is 17.9 Å². The molecule has 0 saturated heterocycles. The molecule has 0 aliphatic heterocycles. The van der Waals surface area contributed by atoms with Crippen LogP contribution in [0.4, 0.5) is 5.69 Å². The van der Waals surface area contributed by atoms with E-state index in [0.29, 0.717) is 18.9 Å². The summed E-state index contributed by atoms with van der Waals surface area (Å²) in [7, 11) is 0. The zero-order valence-electron chi connectivity index (χ0n) is 10.8. The summed E-state index contributed by atoms with van der Waals surface area (Å²) >= 11 is 0. The number of hydrogen-bond donors (Lipinski definition) is 1. The average molecular weight is 235 g/mol. The highest BCUT2D eigenvalue weighted by Gasteiger charge is 2.04. The molecule has 1 aromatic rings. The van der Waals surface area contributed by atoms with Crippen LogP contribution in [0.5, 0.6) is 5.75 Å². The van der Waals surface area contributed by atoms with Gasteiger partial charge in [0.15, 0.2) is 0 Å². The lowest BCUT2D eigenvalue weighted by Gasteiger charge is -2.08. The zero-order chi connectivity index (χ0) is 12.7. The van der Waals surface area contributed by atoms with Crippen LogP contribution in [0.15, 0.2) is 24.3 Å². The number of benzene rings is 1. The van der Waals surface area contributed by atoms with Crippen LogP contribution in [0.2, 0.25) is 0 Å². The molecule has 0 spiro atoms. The van der Waals surface area contributed by atoms with Crippen LogP contribution in [0.1, 0.15) is 33.6 Å². The van der Waals surface area contributed by atoms with E-state index in [1.807, 2.05) is 31.2 Å². The second-order valence-electron chi connectivity index (χ2n) is 4.44. The van der Waals surface area contributed by atoms with E-state index >= 15 is 0 Å². The molecule has 3 heteroatoms. The van der Waals surface area contributed by atoms with Crippen molar-refractivity contribution in [1.29, 1.82) is 0 Å². The number of nitrogens with one attached hydrogen (secondary N) is 1. The summed E-state index contributed by atoms with van der Waals surface area (Å²) in [4.78, 5) is 11.6. The first-order chi connectivity index (χ1) is 8.11. The number of anilines is 1. The fourth-order valence-electron chi connectivity index (χ4n) is 1.47. The number of amides is 1. The van der Waals surface area contributed by atoms with Crippen molar-refractivity contribution in [2.45, 2.75) is 33.6 Å². The van der Waals surface area contributed by atoms with Crippen LogP contribution in [0.25, 0.3) is 0 Å². The van der Waals surface area contributed by atoms with Crippen molar-refractivity contribution in [3.8, 4) is 5.75 Å². The maximum absolute atomic E-state index is 11.6. The van der Waals surface area contributed by atoms with Gasteiger partial charge < -0.3 is 10.1 Å². The number of hydrogen-bond acceptors (Lipinski definition) is 2. The van der Waals surface area contributed by atoms with Crippen LogP contribution >= 0.6 is 0 Å². The van der Waals surface area contributed by atoms with Crippen molar-refractivity contribution >= 4 is 11.6 Å². The zero-order valence-corrected chi connectivity index (χ0v) is 10.8. The molecule has 0 aromatic heterocycles. The van der Waals surface area contributed by atoms with Crippen LogP contribution in [0.3, 0.4) is 0 Å².